The molecule has 0 heterocycles. The summed E-state index contributed by atoms with van der Waals surface area (Å²) in [7, 11) is 0. The van der Waals surface area contributed by atoms with Crippen molar-refractivity contribution in [3.63, 3.8) is 0 Å². The minimum Gasteiger partial charge on any atom is -0.492 e. The van der Waals surface area contributed by atoms with Gasteiger partial charge in [0.1, 0.15) is 18.2 Å². The molecule has 0 atom stereocenters. The van der Waals surface area contributed by atoms with E-state index in [2.05, 4.69) is 21.2 Å². The molecule has 4 nitrogen and oxygen atoms in total. The zero-order valence-electron chi connectivity index (χ0n) is 11.1. The first-order valence-electron chi connectivity index (χ1n) is 6.29. The fraction of sp³-hybridized carbons (Fsp3) is 0.133. The fourth-order valence-electron chi connectivity index (χ4n) is 1.70. The molecule has 2 aromatic carbocycles. The highest BCUT2D eigenvalue weighted by Gasteiger charge is 2.08. The van der Waals surface area contributed by atoms with Crippen LogP contribution >= 0.6 is 15.9 Å². The Morgan fingerprint density at radius 3 is 2.57 bits per heavy atom. The minimum absolute atomic E-state index is 0.241. The van der Waals surface area contributed by atoms with Crippen LogP contribution in [0.2, 0.25) is 0 Å². The molecule has 3 N–H and O–H groups in total. The van der Waals surface area contributed by atoms with Crippen molar-refractivity contribution in [3.05, 3.63) is 58.3 Å². The molecule has 110 valence electrons. The Morgan fingerprint density at radius 2 is 1.95 bits per heavy atom. The predicted molar refractivity (Wildman–Crippen MR) is 83.0 cm³/mol. The Kier molecular flexibility index (Phi) is 5.30. The Hall–Kier alpha value is -1.92. The highest BCUT2D eigenvalue weighted by atomic mass is 79.9. The number of carbonyl (C=O) groups is 1. The second-order valence-electron chi connectivity index (χ2n) is 4.27. The van der Waals surface area contributed by atoms with Crippen LogP contribution in [0, 0.1) is 5.82 Å². The van der Waals surface area contributed by atoms with Gasteiger partial charge in [-0.3, -0.25) is 4.79 Å². The molecule has 0 saturated heterocycles. The van der Waals surface area contributed by atoms with E-state index in [9.17, 15) is 9.18 Å². The van der Waals surface area contributed by atoms with Crippen molar-refractivity contribution in [3.8, 4) is 5.75 Å². The number of hydrogen-bond donors (Lipinski definition) is 2. The highest BCUT2D eigenvalue weighted by molar-refractivity contribution is 9.10. The van der Waals surface area contributed by atoms with Crippen molar-refractivity contribution >= 4 is 27.5 Å². The van der Waals surface area contributed by atoms with E-state index < -0.39 is 5.82 Å². The zero-order valence-corrected chi connectivity index (χ0v) is 12.7. The van der Waals surface area contributed by atoms with E-state index in [0.29, 0.717) is 29.1 Å². The Labute approximate surface area is 130 Å². The first-order chi connectivity index (χ1) is 10.1. The number of halogens is 2. The van der Waals surface area contributed by atoms with Crippen LogP contribution in [0.25, 0.3) is 0 Å². The predicted octanol–water partition coefficient (Wildman–Crippen LogP) is 3.18. The molecule has 0 spiro atoms. The second-order valence-corrected chi connectivity index (χ2v) is 5.19. The average Bonchev–Trinajstić information content (AvgIpc) is 2.45. The van der Waals surface area contributed by atoms with Gasteiger partial charge in [-0.1, -0.05) is 15.9 Å². The molecule has 0 bridgehead atoms. The van der Waals surface area contributed by atoms with Gasteiger partial charge >= 0.3 is 0 Å². The highest BCUT2D eigenvalue weighted by Crippen LogP contribution is 2.18. The van der Waals surface area contributed by atoms with Gasteiger partial charge in [0.2, 0.25) is 0 Å². The molecule has 0 radical (unpaired) electrons. The van der Waals surface area contributed by atoms with Crippen molar-refractivity contribution in [1.29, 1.82) is 0 Å². The van der Waals surface area contributed by atoms with Crippen molar-refractivity contribution in [2.24, 2.45) is 5.73 Å². The molecule has 0 unspecified atom stereocenters. The van der Waals surface area contributed by atoms with Crippen molar-refractivity contribution in [2.45, 2.75) is 0 Å². The van der Waals surface area contributed by atoms with Crippen LogP contribution in [0.15, 0.2) is 46.9 Å². The van der Waals surface area contributed by atoms with Crippen LogP contribution in [0.4, 0.5) is 10.1 Å². The lowest BCUT2D eigenvalue weighted by Crippen LogP contribution is -2.12. The zero-order chi connectivity index (χ0) is 15.2. The largest absolute Gasteiger partial charge is 0.492 e. The lowest BCUT2D eigenvalue weighted by atomic mass is 10.2. The van der Waals surface area contributed by atoms with E-state index >= 15 is 0 Å². The number of nitrogens with one attached hydrogen (secondary N) is 1. The number of anilines is 1. The summed E-state index contributed by atoms with van der Waals surface area (Å²) in [5.74, 6) is -0.183. The van der Waals surface area contributed by atoms with E-state index in [1.165, 1.54) is 12.1 Å². The topological polar surface area (TPSA) is 64.3 Å². The normalized spacial score (nSPS) is 10.2. The number of amides is 1. The minimum atomic E-state index is -0.472. The first-order valence-corrected chi connectivity index (χ1v) is 7.08. The molecule has 0 aromatic heterocycles. The smallest absolute Gasteiger partial charge is 0.255 e. The van der Waals surface area contributed by atoms with Crippen LogP contribution in [0.5, 0.6) is 5.75 Å². The molecule has 6 heteroatoms. The molecule has 0 fully saturated rings. The van der Waals surface area contributed by atoms with Gasteiger partial charge < -0.3 is 15.8 Å². The molecule has 1 amide bonds. The summed E-state index contributed by atoms with van der Waals surface area (Å²) in [6.07, 6.45) is 0. The maximum absolute atomic E-state index is 13.3. The van der Waals surface area contributed by atoms with Gasteiger partial charge in [-0.25, -0.2) is 4.39 Å². The molecule has 0 aliphatic heterocycles. The van der Waals surface area contributed by atoms with Crippen LogP contribution < -0.4 is 15.8 Å². The summed E-state index contributed by atoms with van der Waals surface area (Å²) in [6, 6.07) is 10.9. The molecule has 0 aliphatic carbocycles. The van der Waals surface area contributed by atoms with Gasteiger partial charge in [0.25, 0.3) is 5.91 Å². The third kappa shape index (κ3) is 4.54. The number of ether oxygens (including phenoxy) is 1. The van der Waals surface area contributed by atoms with Gasteiger partial charge in [0, 0.05) is 22.3 Å². The van der Waals surface area contributed by atoms with E-state index in [4.69, 9.17) is 10.5 Å². The Balaban J connectivity index is 2.05. The maximum atomic E-state index is 13.3. The van der Waals surface area contributed by atoms with E-state index in [-0.39, 0.29) is 11.5 Å². The summed E-state index contributed by atoms with van der Waals surface area (Å²) in [4.78, 5) is 12.0. The van der Waals surface area contributed by atoms with E-state index in [1.54, 1.807) is 30.3 Å². The lowest BCUT2D eigenvalue weighted by Gasteiger charge is -2.08. The number of nitrogens with two attached hydrogens (primary N) is 1. The van der Waals surface area contributed by atoms with Crippen molar-refractivity contribution in [2.75, 3.05) is 18.5 Å². The second kappa shape index (κ2) is 7.19. The number of carbonyl (C=O) groups excluding carboxylic acids is 1. The SMILES string of the molecule is NCCOc1ccc(NC(=O)c2cc(F)cc(Br)c2)cc1. The Morgan fingerprint density at radius 1 is 1.24 bits per heavy atom. The summed E-state index contributed by atoms with van der Waals surface area (Å²) in [5, 5.41) is 2.69. The van der Waals surface area contributed by atoms with Crippen molar-refractivity contribution < 1.29 is 13.9 Å². The lowest BCUT2D eigenvalue weighted by molar-refractivity contribution is 0.102. The van der Waals surface area contributed by atoms with Crippen LogP contribution in [-0.4, -0.2) is 19.1 Å². The van der Waals surface area contributed by atoms with Crippen LogP contribution in [0.1, 0.15) is 10.4 Å². The molecule has 21 heavy (non-hydrogen) atoms. The van der Waals surface area contributed by atoms with Gasteiger partial charge in [-0.05, 0) is 42.5 Å². The van der Waals surface area contributed by atoms with E-state index in [0.717, 1.165) is 0 Å². The number of rotatable bonds is 5. The number of benzene rings is 2. The quantitative estimate of drug-likeness (QED) is 0.868. The summed E-state index contributed by atoms with van der Waals surface area (Å²) in [6.45, 7) is 0.871. The first kappa shape index (κ1) is 15.5. The molecular weight excluding hydrogens is 339 g/mol. The Bertz CT molecular complexity index is 612. The number of hydrogen-bond acceptors (Lipinski definition) is 3. The van der Waals surface area contributed by atoms with Gasteiger partial charge in [-0.2, -0.15) is 0 Å². The standard InChI is InChI=1S/C15H14BrFN2O2/c16-11-7-10(8-12(17)9-11)15(20)19-13-1-3-14(4-2-13)21-6-5-18/h1-4,7-9H,5-6,18H2,(H,19,20). The third-order valence-corrected chi connectivity index (χ3v) is 3.08. The molecule has 0 saturated carbocycles. The summed E-state index contributed by atoms with van der Waals surface area (Å²) < 4.78 is 19.1. The van der Waals surface area contributed by atoms with E-state index in [1.807, 2.05) is 0 Å². The van der Waals surface area contributed by atoms with Gasteiger partial charge in [0.05, 0.1) is 0 Å². The van der Waals surface area contributed by atoms with Gasteiger partial charge in [0.15, 0.2) is 0 Å². The molecular formula is C15H14BrFN2O2. The monoisotopic (exact) mass is 352 g/mol. The van der Waals surface area contributed by atoms with Crippen LogP contribution in [0.3, 0.4) is 0 Å². The molecule has 2 rings (SSSR count). The summed E-state index contributed by atoms with van der Waals surface area (Å²) >= 11 is 3.15. The van der Waals surface area contributed by atoms with Crippen molar-refractivity contribution in [1.82, 2.24) is 0 Å². The fourth-order valence-corrected chi connectivity index (χ4v) is 2.16. The third-order valence-electron chi connectivity index (χ3n) is 2.62. The molecule has 0 aliphatic rings. The van der Waals surface area contributed by atoms with Crippen LogP contribution in [-0.2, 0) is 0 Å². The maximum Gasteiger partial charge on any atom is 0.255 e. The van der Waals surface area contributed by atoms with Gasteiger partial charge in [-0.15, -0.1) is 0 Å². The summed E-state index contributed by atoms with van der Waals surface area (Å²) in [5.41, 5.74) is 6.18. The molecule has 2 aromatic rings. The average molecular weight is 353 g/mol.